The van der Waals surface area contributed by atoms with Gasteiger partial charge in [0.2, 0.25) is 0 Å². The lowest BCUT2D eigenvalue weighted by atomic mass is 10.0. The minimum Gasteiger partial charge on any atom is -0.463 e. The summed E-state index contributed by atoms with van der Waals surface area (Å²) in [6.45, 7) is 28.4. The van der Waals surface area contributed by atoms with E-state index in [-0.39, 0.29) is 22.0 Å². The standard InChI is InChI=1S/C24H48O4Si2/c1-13-26-22(25)15-14-20(2)18-21(19-28-30(11,12)24(6,7)8)16-17-27-29(9,10)23(3,4)5/h14-15,18,21H,13,16-17,19H2,1-12H3/b15-14+,20-18+/t21-/m1/s1. The Bertz CT molecular complexity index is 593. The number of hydrogen-bond donors (Lipinski definition) is 0. The molecule has 176 valence electrons. The van der Waals surface area contributed by atoms with Crippen LogP contribution in [0.1, 0.15) is 61.8 Å². The summed E-state index contributed by atoms with van der Waals surface area (Å²) in [6.07, 6.45) is 6.43. The van der Waals surface area contributed by atoms with Gasteiger partial charge in [0.1, 0.15) is 0 Å². The predicted molar refractivity (Wildman–Crippen MR) is 134 cm³/mol. The molecular formula is C24H48O4Si2. The van der Waals surface area contributed by atoms with E-state index in [4.69, 9.17) is 13.6 Å². The van der Waals surface area contributed by atoms with Gasteiger partial charge in [0.25, 0.3) is 0 Å². The fourth-order valence-corrected chi connectivity index (χ4v) is 4.37. The first-order valence-corrected chi connectivity index (χ1v) is 17.1. The van der Waals surface area contributed by atoms with Crippen molar-refractivity contribution in [2.24, 2.45) is 5.92 Å². The molecule has 0 N–H and O–H groups in total. The van der Waals surface area contributed by atoms with Crippen LogP contribution in [0, 0.1) is 5.92 Å². The highest BCUT2D eigenvalue weighted by Gasteiger charge is 2.38. The number of allylic oxidation sites excluding steroid dienone is 2. The van der Waals surface area contributed by atoms with Crippen LogP contribution in [-0.2, 0) is 18.4 Å². The van der Waals surface area contributed by atoms with Crippen LogP contribution in [0.2, 0.25) is 36.3 Å². The molecule has 0 aromatic rings. The third kappa shape index (κ3) is 10.6. The average Bonchev–Trinajstić information content (AvgIpc) is 2.56. The topological polar surface area (TPSA) is 44.8 Å². The summed E-state index contributed by atoms with van der Waals surface area (Å²) in [5, 5.41) is 0.381. The van der Waals surface area contributed by atoms with E-state index in [1.54, 1.807) is 0 Å². The minimum atomic E-state index is -1.83. The summed E-state index contributed by atoms with van der Waals surface area (Å²) in [4.78, 5) is 11.6. The van der Waals surface area contributed by atoms with Gasteiger partial charge in [0.05, 0.1) is 6.61 Å². The van der Waals surface area contributed by atoms with Crippen molar-refractivity contribution in [3.05, 3.63) is 23.8 Å². The van der Waals surface area contributed by atoms with E-state index in [1.807, 2.05) is 19.9 Å². The Morgan fingerprint density at radius 2 is 1.40 bits per heavy atom. The number of carbonyl (C=O) groups excluding carboxylic acids is 1. The van der Waals surface area contributed by atoms with E-state index in [2.05, 4.69) is 73.8 Å². The lowest BCUT2D eigenvalue weighted by Gasteiger charge is -2.38. The Labute approximate surface area is 188 Å². The molecule has 4 nitrogen and oxygen atoms in total. The summed E-state index contributed by atoms with van der Waals surface area (Å²) < 4.78 is 17.9. The Kier molecular flexibility index (Phi) is 11.5. The number of ether oxygens (including phenoxy) is 1. The fraction of sp³-hybridized carbons (Fsp3) is 0.792. The minimum absolute atomic E-state index is 0.178. The van der Waals surface area contributed by atoms with Gasteiger partial charge in [-0.3, -0.25) is 0 Å². The molecule has 0 radical (unpaired) electrons. The Morgan fingerprint density at radius 1 is 0.900 bits per heavy atom. The lowest BCUT2D eigenvalue weighted by Crippen LogP contribution is -2.42. The van der Waals surface area contributed by atoms with Crippen LogP contribution in [0.3, 0.4) is 0 Å². The summed E-state index contributed by atoms with van der Waals surface area (Å²) in [5.41, 5.74) is 1.04. The molecule has 0 aliphatic heterocycles. The molecule has 0 aromatic carbocycles. The van der Waals surface area contributed by atoms with Crippen molar-refractivity contribution < 1.29 is 18.4 Å². The number of rotatable bonds is 11. The first kappa shape index (κ1) is 29.3. The van der Waals surface area contributed by atoms with Crippen LogP contribution >= 0.6 is 0 Å². The van der Waals surface area contributed by atoms with E-state index in [0.717, 1.165) is 18.6 Å². The van der Waals surface area contributed by atoms with Gasteiger partial charge in [-0.2, -0.15) is 0 Å². The summed E-state index contributed by atoms with van der Waals surface area (Å²) in [6, 6.07) is 0. The first-order chi connectivity index (χ1) is 13.4. The number of carbonyl (C=O) groups is 1. The molecule has 6 heteroatoms. The van der Waals surface area contributed by atoms with Crippen LogP contribution < -0.4 is 0 Å². The van der Waals surface area contributed by atoms with Gasteiger partial charge in [-0.25, -0.2) is 4.79 Å². The van der Waals surface area contributed by atoms with Crippen LogP contribution in [0.15, 0.2) is 23.8 Å². The molecule has 30 heavy (non-hydrogen) atoms. The molecule has 0 spiro atoms. The zero-order chi connectivity index (χ0) is 23.8. The van der Waals surface area contributed by atoms with E-state index in [1.165, 1.54) is 6.08 Å². The van der Waals surface area contributed by atoms with E-state index >= 15 is 0 Å². The van der Waals surface area contributed by atoms with Crippen LogP contribution in [0.25, 0.3) is 0 Å². The number of esters is 1. The molecule has 0 saturated heterocycles. The van der Waals surface area contributed by atoms with Crippen molar-refractivity contribution >= 4 is 22.6 Å². The van der Waals surface area contributed by atoms with Crippen molar-refractivity contribution in [2.45, 2.75) is 98.1 Å². The van der Waals surface area contributed by atoms with Gasteiger partial charge in [-0.05, 0) is 56.5 Å². The largest absolute Gasteiger partial charge is 0.463 e. The van der Waals surface area contributed by atoms with Crippen LogP contribution in [0.5, 0.6) is 0 Å². The van der Waals surface area contributed by atoms with Crippen molar-refractivity contribution in [1.82, 2.24) is 0 Å². The number of hydrogen-bond acceptors (Lipinski definition) is 4. The zero-order valence-electron chi connectivity index (χ0n) is 21.8. The normalized spacial score (nSPS) is 15.5. The highest BCUT2D eigenvalue weighted by Crippen LogP contribution is 2.38. The molecule has 0 fully saturated rings. The predicted octanol–water partition coefficient (Wildman–Crippen LogP) is 7.10. The molecule has 1 atom stereocenters. The van der Waals surface area contributed by atoms with Gasteiger partial charge in [0, 0.05) is 25.2 Å². The second kappa shape index (κ2) is 11.8. The van der Waals surface area contributed by atoms with Crippen molar-refractivity contribution in [3.63, 3.8) is 0 Å². The van der Waals surface area contributed by atoms with Crippen LogP contribution in [0.4, 0.5) is 0 Å². The molecule has 0 rings (SSSR count). The smallest absolute Gasteiger partial charge is 0.330 e. The molecule has 0 heterocycles. The second-order valence-corrected chi connectivity index (χ2v) is 20.8. The highest BCUT2D eigenvalue weighted by atomic mass is 28.4. The van der Waals surface area contributed by atoms with Crippen LogP contribution in [-0.4, -0.2) is 42.4 Å². The molecule has 0 unspecified atom stereocenters. The molecule has 0 saturated carbocycles. The van der Waals surface area contributed by atoms with Gasteiger partial charge in [0.15, 0.2) is 16.6 Å². The van der Waals surface area contributed by atoms with E-state index in [0.29, 0.717) is 13.2 Å². The highest BCUT2D eigenvalue weighted by molar-refractivity contribution is 6.74. The van der Waals surface area contributed by atoms with E-state index < -0.39 is 16.6 Å². The maximum Gasteiger partial charge on any atom is 0.330 e. The Morgan fingerprint density at radius 3 is 1.87 bits per heavy atom. The monoisotopic (exact) mass is 456 g/mol. The van der Waals surface area contributed by atoms with Crippen molar-refractivity contribution in [1.29, 1.82) is 0 Å². The van der Waals surface area contributed by atoms with Gasteiger partial charge in [-0.15, -0.1) is 0 Å². The first-order valence-electron chi connectivity index (χ1n) is 11.2. The van der Waals surface area contributed by atoms with Crippen molar-refractivity contribution in [2.75, 3.05) is 19.8 Å². The molecule has 0 aliphatic rings. The second-order valence-electron chi connectivity index (χ2n) is 11.2. The maximum absolute atomic E-state index is 11.6. The molecule has 0 amide bonds. The van der Waals surface area contributed by atoms with Crippen molar-refractivity contribution in [3.8, 4) is 0 Å². The zero-order valence-corrected chi connectivity index (χ0v) is 23.8. The summed E-state index contributed by atoms with van der Waals surface area (Å²) in [5.74, 6) is -0.0590. The average molecular weight is 457 g/mol. The van der Waals surface area contributed by atoms with Gasteiger partial charge < -0.3 is 13.6 Å². The molecule has 0 bridgehead atoms. The quantitative estimate of drug-likeness (QED) is 0.144. The molecule has 0 aliphatic carbocycles. The summed E-state index contributed by atoms with van der Waals surface area (Å²) >= 11 is 0. The molecular weight excluding hydrogens is 408 g/mol. The summed E-state index contributed by atoms with van der Waals surface area (Å²) in [7, 11) is -3.59. The van der Waals surface area contributed by atoms with Gasteiger partial charge in [-0.1, -0.05) is 59.3 Å². The van der Waals surface area contributed by atoms with Gasteiger partial charge >= 0.3 is 5.97 Å². The van der Waals surface area contributed by atoms with E-state index in [9.17, 15) is 4.79 Å². The maximum atomic E-state index is 11.6. The Balaban J connectivity index is 5.26. The third-order valence-electron chi connectivity index (χ3n) is 6.49. The SMILES string of the molecule is CCOC(=O)/C=C/C(C)=C/[C@@H](CCO[Si](C)(C)C(C)(C)C)CO[Si](C)(C)C(C)(C)C. The molecule has 0 aromatic heterocycles. The Hall–Kier alpha value is -0.696. The third-order valence-corrected chi connectivity index (χ3v) is 15.5. The fourth-order valence-electron chi connectivity index (χ4n) is 2.25. The lowest BCUT2D eigenvalue weighted by molar-refractivity contribution is -0.137.